The molecular weight excluding hydrogens is 348 g/mol. The van der Waals surface area contributed by atoms with Crippen LogP contribution in [0.15, 0.2) is 42.5 Å². The zero-order valence-electron chi connectivity index (χ0n) is 15.6. The van der Waals surface area contributed by atoms with Gasteiger partial charge in [0.25, 0.3) is 0 Å². The van der Waals surface area contributed by atoms with Crippen molar-refractivity contribution in [2.75, 3.05) is 19.8 Å². The van der Waals surface area contributed by atoms with Crippen LogP contribution in [0.2, 0.25) is 0 Å². The number of ether oxygens (including phenoxy) is 3. The molecule has 2 aromatic rings. The molecule has 0 aliphatic heterocycles. The fourth-order valence-corrected chi connectivity index (χ4v) is 2.62. The zero-order valence-corrected chi connectivity index (χ0v) is 15.6. The fourth-order valence-electron chi connectivity index (χ4n) is 2.62. The van der Waals surface area contributed by atoms with E-state index in [1.807, 2.05) is 0 Å². The van der Waals surface area contributed by atoms with Crippen LogP contribution < -0.4 is 0 Å². The van der Waals surface area contributed by atoms with Gasteiger partial charge in [0, 0.05) is 0 Å². The number of hydrogen-bond donors (Lipinski definition) is 0. The van der Waals surface area contributed by atoms with Crippen LogP contribution in [0, 0.1) is 0 Å². The molecule has 27 heavy (non-hydrogen) atoms. The Hall–Kier alpha value is -3.15. The van der Waals surface area contributed by atoms with Gasteiger partial charge < -0.3 is 14.2 Å². The summed E-state index contributed by atoms with van der Waals surface area (Å²) in [4.78, 5) is 36.9. The number of hydrogen-bond acceptors (Lipinski definition) is 6. The molecule has 6 nitrogen and oxygen atoms in total. The largest absolute Gasteiger partial charge is 0.462 e. The predicted molar refractivity (Wildman–Crippen MR) is 99.7 cm³/mol. The van der Waals surface area contributed by atoms with E-state index in [-0.39, 0.29) is 30.9 Å². The van der Waals surface area contributed by atoms with Crippen molar-refractivity contribution in [2.45, 2.75) is 20.8 Å². The van der Waals surface area contributed by atoms with E-state index >= 15 is 0 Å². The van der Waals surface area contributed by atoms with E-state index in [1.54, 1.807) is 57.2 Å². The van der Waals surface area contributed by atoms with Crippen LogP contribution in [0.3, 0.4) is 0 Å². The molecule has 0 aromatic heterocycles. The Bertz CT molecular complexity index is 840. The average molecular weight is 370 g/mol. The highest BCUT2D eigenvalue weighted by Gasteiger charge is 2.24. The molecule has 0 amide bonds. The molecule has 142 valence electrons. The standard InChI is InChI=1S/C21H22O6/c1-4-25-19(22)15-10-7-9-14(13-15)16-11-8-12-17(20(23)26-5-2)18(16)21(24)27-6-3/h7-13H,4-6H2,1-3H3. The van der Waals surface area contributed by atoms with Gasteiger partial charge in [0.1, 0.15) is 0 Å². The van der Waals surface area contributed by atoms with E-state index < -0.39 is 17.9 Å². The Morgan fingerprint density at radius 2 is 1.33 bits per heavy atom. The molecule has 0 N–H and O–H groups in total. The summed E-state index contributed by atoms with van der Waals surface area (Å²) in [5.41, 5.74) is 1.65. The van der Waals surface area contributed by atoms with Crippen LogP contribution in [0.4, 0.5) is 0 Å². The van der Waals surface area contributed by atoms with E-state index in [4.69, 9.17) is 14.2 Å². The quantitative estimate of drug-likeness (QED) is 0.544. The van der Waals surface area contributed by atoms with Gasteiger partial charge in [0.05, 0.1) is 36.5 Å². The maximum atomic E-state index is 12.6. The second kappa shape index (κ2) is 9.52. The van der Waals surface area contributed by atoms with E-state index in [0.717, 1.165) is 0 Å². The first kappa shape index (κ1) is 20.2. The maximum absolute atomic E-state index is 12.6. The van der Waals surface area contributed by atoms with Crippen molar-refractivity contribution in [3.63, 3.8) is 0 Å². The third-order valence-electron chi connectivity index (χ3n) is 3.72. The minimum Gasteiger partial charge on any atom is -0.462 e. The van der Waals surface area contributed by atoms with Crippen molar-refractivity contribution in [1.29, 1.82) is 0 Å². The SMILES string of the molecule is CCOC(=O)c1cccc(-c2cccc(C(=O)OCC)c2C(=O)OCC)c1. The molecule has 0 saturated carbocycles. The second-order valence-corrected chi connectivity index (χ2v) is 5.47. The Morgan fingerprint density at radius 1 is 0.741 bits per heavy atom. The van der Waals surface area contributed by atoms with Crippen LogP contribution in [0.25, 0.3) is 11.1 Å². The van der Waals surface area contributed by atoms with Crippen LogP contribution in [-0.4, -0.2) is 37.7 Å². The van der Waals surface area contributed by atoms with Gasteiger partial charge in [0.2, 0.25) is 0 Å². The van der Waals surface area contributed by atoms with Crippen molar-refractivity contribution in [1.82, 2.24) is 0 Å². The van der Waals surface area contributed by atoms with Crippen molar-refractivity contribution in [2.24, 2.45) is 0 Å². The first-order valence-corrected chi connectivity index (χ1v) is 8.78. The lowest BCUT2D eigenvalue weighted by atomic mass is 9.94. The van der Waals surface area contributed by atoms with Gasteiger partial charge in [-0.1, -0.05) is 24.3 Å². The summed E-state index contributed by atoms with van der Waals surface area (Å²) in [5.74, 6) is -1.69. The monoisotopic (exact) mass is 370 g/mol. The lowest BCUT2D eigenvalue weighted by molar-refractivity contribution is 0.0479. The molecular formula is C21H22O6. The molecule has 0 heterocycles. The Kier molecular flexibility index (Phi) is 7.11. The van der Waals surface area contributed by atoms with Crippen molar-refractivity contribution >= 4 is 17.9 Å². The molecule has 0 atom stereocenters. The molecule has 0 saturated heterocycles. The number of rotatable bonds is 7. The van der Waals surface area contributed by atoms with E-state index in [9.17, 15) is 14.4 Å². The Balaban J connectivity index is 2.61. The Morgan fingerprint density at radius 3 is 2.00 bits per heavy atom. The van der Waals surface area contributed by atoms with Gasteiger partial charge in [-0.2, -0.15) is 0 Å². The lowest BCUT2D eigenvalue weighted by Gasteiger charge is -2.14. The first-order chi connectivity index (χ1) is 13.0. The molecule has 2 aromatic carbocycles. The van der Waals surface area contributed by atoms with Crippen LogP contribution in [0.1, 0.15) is 51.8 Å². The molecule has 0 spiro atoms. The third-order valence-corrected chi connectivity index (χ3v) is 3.72. The topological polar surface area (TPSA) is 78.9 Å². The van der Waals surface area contributed by atoms with Gasteiger partial charge in [-0.3, -0.25) is 0 Å². The minimum atomic E-state index is -0.627. The smallest absolute Gasteiger partial charge is 0.339 e. The van der Waals surface area contributed by atoms with Crippen molar-refractivity contribution in [3.8, 4) is 11.1 Å². The highest BCUT2D eigenvalue weighted by molar-refractivity contribution is 6.08. The number of benzene rings is 2. The zero-order chi connectivity index (χ0) is 19.8. The molecule has 0 bridgehead atoms. The first-order valence-electron chi connectivity index (χ1n) is 8.78. The second-order valence-electron chi connectivity index (χ2n) is 5.47. The third kappa shape index (κ3) is 4.73. The minimum absolute atomic E-state index is 0.110. The molecule has 0 unspecified atom stereocenters. The summed E-state index contributed by atoms with van der Waals surface area (Å²) < 4.78 is 15.2. The fraction of sp³-hybridized carbons (Fsp3) is 0.286. The molecule has 6 heteroatoms. The molecule has 2 rings (SSSR count). The van der Waals surface area contributed by atoms with Crippen molar-refractivity contribution in [3.05, 3.63) is 59.2 Å². The van der Waals surface area contributed by atoms with Gasteiger partial charge in [-0.05, 0) is 50.1 Å². The summed E-state index contributed by atoms with van der Waals surface area (Å²) in [7, 11) is 0. The van der Waals surface area contributed by atoms with E-state index in [2.05, 4.69) is 0 Å². The summed E-state index contributed by atoms with van der Waals surface area (Å²) in [6, 6.07) is 11.5. The van der Waals surface area contributed by atoms with E-state index in [1.165, 1.54) is 6.07 Å². The van der Waals surface area contributed by atoms with Crippen LogP contribution in [-0.2, 0) is 14.2 Å². The summed E-state index contributed by atoms with van der Waals surface area (Å²) >= 11 is 0. The molecule has 0 aliphatic carbocycles. The summed E-state index contributed by atoms with van der Waals surface area (Å²) in [6.07, 6.45) is 0. The van der Waals surface area contributed by atoms with Crippen LogP contribution in [0.5, 0.6) is 0 Å². The molecule has 0 radical (unpaired) electrons. The Labute approximate surface area is 158 Å². The molecule has 0 fully saturated rings. The van der Waals surface area contributed by atoms with Crippen molar-refractivity contribution < 1.29 is 28.6 Å². The van der Waals surface area contributed by atoms with Gasteiger partial charge in [-0.25, -0.2) is 14.4 Å². The van der Waals surface area contributed by atoms with Gasteiger partial charge in [0.15, 0.2) is 0 Å². The normalized spacial score (nSPS) is 10.2. The van der Waals surface area contributed by atoms with Gasteiger partial charge >= 0.3 is 17.9 Å². The average Bonchev–Trinajstić information content (AvgIpc) is 2.68. The number of carbonyl (C=O) groups is 3. The molecule has 0 aliphatic rings. The highest BCUT2D eigenvalue weighted by Crippen LogP contribution is 2.29. The maximum Gasteiger partial charge on any atom is 0.339 e. The number of esters is 3. The van der Waals surface area contributed by atoms with Crippen LogP contribution >= 0.6 is 0 Å². The lowest BCUT2D eigenvalue weighted by Crippen LogP contribution is -2.15. The predicted octanol–water partition coefficient (Wildman–Crippen LogP) is 3.88. The highest BCUT2D eigenvalue weighted by atomic mass is 16.5. The van der Waals surface area contributed by atoms with Gasteiger partial charge in [-0.15, -0.1) is 0 Å². The summed E-state index contributed by atoms with van der Waals surface area (Å²) in [6.45, 7) is 5.71. The number of carbonyl (C=O) groups excluding carboxylic acids is 3. The van der Waals surface area contributed by atoms with E-state index in [0.29, 0.717) is 16.7 Å². The summed E-state index contributed by atoms with van der Waals surface area (Å²) in [5, 5.41) is 0.